The Morgan fingerprint density at radius 3 is 2.65 bits per heavy atom. The van der Waals surface area contributed by atoms with Gasteiger partial charge in [-0.25, -0.2) is 0 Å². The van der Waals surface area contributed by atoms with Gasteiger partial charge in [-0.05, 0) is 18.8 Å². The molecule has 0 aromatic rings. The van der Waals surface area contributed by atoms with E-state index in [-0.39, 0.29) is 24.3 Å². The number of rotatable bonds is 3. The van der Waals surface area contributed by atoms with Crippen molar-refractivity contribution in [3.63, 3.8) is 0 Å². The van der Waals surface area contributed by atoms with Crippen molar-refractivity contribution in [1.82, 2.24) is 10.2 Å². The highest BCUT2D eigenvalue weighted by atomic mass is 16.3. The normalized spacial score (nSPS) is 30.2. The molecule has 1 saturated carbocycles. The number of carbonyl (C=O) groups is 2. The molecule has 17 heavy (non-hydrogen) atoms. The molecule has 3 atom stereocenters. The molecule has 1 aliphatic carbocycles. The predicted octanol–water partition coefficient (Wildman–Crippen LogP) is -1.57. The van der Waals surface area contributed by atoms with Crippen molar-refractivity contribution in [3.8, 4) is 0 Å². The van der Waals surface area contributed by atoms with Gasteiger partial charge in [-0.15, -0.1) is 0 Å². The summed E-state index contributed by atoms with van der Waals surface area (Å²) in [5.74, 6) is -0.193. The quantitative estimate of drug-likeness (QED) is 0.556. The van der Waals surface area contributed by atoms with Crippen molar-refractivity contribution in [3.05, 3.63) is 0 Å². The van der Waals surface area contributed by atoms with E-state index in [1.165, 1.54) is 11.9 Å². The number of likely N-dealkylation sites (tertiary alicyclic amines) is 1. The molecule has 0 aromatic heterocycles. The van der Waals surface area contributed by atoms with Crippen LogP contribution in [0.3, 0.4) is 0 Å². The Hall–Kier alpha value is -1.14. The van der Waals surface area contributed by atoms with E-state index in [1.807, 2.05) is 0 Å². The number of amides is 2. The molecule has 6 heteroatoms. The number of nitrogens with zero attached hydrogens (tertiary/aromatic N) is 1. The first-order valence-corrected chi connectivity index (χ1v) is 6.00. The highest BCUT2D eigenvalue weighted by Crippen LogP contribution is 2.33. The van der Waals surface area contributed by atoms with Crippen molar-refractivity contribution >= 4 is 11.8 Å². The zero-order valence-electron chi connectivity index (χ0n) is 9.93. The molecule has 2 rings (SSSR count). The van der Waals surface area contributed by atoms with E-state index in [4.69, 9.17) is 5.73 Å². The standard InChI is InChI=1S/C11H19N3O3/c1-13-10(16)8-4-7(15)5-14(8)11(17)9(12)6-2-3-6/h6-9,15H,2-5,12H2,1H3,(H,13,16)/t7-,8+,9?/m1/s1. The van der Waals surface area contributed by atoms with Gasteiger partial charge < -0.3 is 21.1 Å². The minimum atomic E-state index is -0.632. The van der Waals surface area contributed by atoms with Gasteiger partial charge in [0.15, 0.2) is 0 Å². The fourth-order valence-corrected chi connectivity index (χ4v) is 2.32. The van der Waals surface area contributed by atoms with Crippen LogP contribution in [-0.2, 0) is 9.59 Å². The number of nitrogens with one attached hydrogen (secondary N) is 1. The third-order valence-corrected chi connectivity index (χ3v) is 3.53. The van der Waals surface area contributed by atoms with Crippen LogP contribution in [0.5, 0.6) is 0 Å². The number of likely N-dealkylation sites (N-methyl/N-ethyl adjacent to an activating group) is 1. The largest absolute Gasteiger partial charge is 0.391 e. The average Bonchev–Trinajstić information content (AvgIpc) is 3.09. The van der Waals surface area contributed by atoms with Gasteiger partial charge in [0.25, 0.3) is 0 Å². The summed E-state index contributed by atoms with van der Waals surface area (Å²) in [5, 5.41) is 12.1. The molecule has 0 bridgehead atoms. The van der Waals surface area contributed by atoms with Crippen molar-refractivity contribution in [2.75, 3.05) is 13.6 Å². The molecule has 1 unspecified atom stereocenters. The Balaban J connectivity index is 2.06. The monoisotopic (exact) mass is 241 g/mol. The summed E-state index contributed by atoms with van der Waals surface area (Å²) in [7, 11) is 1.52. The smallest absolute Gasteiger partial charge is 0.242 e. The van der Waals surface area contributed by atoms with Crippen LogP contribution in [0.25, 0.3) is 0 Å². The number of aliphatic hydroxyl groups excluding tert-OH is 1. The van der Waals surface area contributed by atoms with Crippen molar-refractivity contribution in [2.24, 2.45) is 11.7 Å². The van der Waals surface area contributed by atoms with Gasteiger partial charge in [0.2, 0.25) is 11.8 Å². The van der Waals surface area contributed by atoms with Gasteiger partial charge in [-0.3, -0.25) is 9.59 Å². The van der Waals surface area contributed by atoms with E-state index in [9.17, 15) is 14.7 Å². The van der Waals surface area contributed by atoms with Crippen molar-refractivity contribution in [2.45, 2.75) is 37.5 Å². The molecule has 2 aliphatic rings. The summed E-state index contributed by atoms with van der Waals surface area (Å²) in [6, 6.07) is -1.10. The summed E-state index contributed by atoms with van der Waals surface area (Å²) in [5.41, 5.74) is 5.85. The zero-order valence-corrected chi connectivity index (χ0v) is 9.93. The van der Waals surface area contributed by atoms with Gasteiger partial charge in [0.1, 0.15) is 6.04 Å². The number of hydrogen-bond acceptors (Lipinski definition) is 4. The number of nitrogens with two attached hydrogens (primary N) is 1. The van der Waals surface area contributed by atoms with Crippen LogP contribution in [0.15, 0.2) is 0 Å². The van der Waals surface area contributed by atoms with E-state index in [2.05, 4.69) is 5.32 Å². The third-order valence-electron chi connectivity index (χ3n) is 3.53. The lowest BCUT2D eigenvalue weighted by Gasteiger charge is -2.25. The second-order valence-corrected chi connectivity index (χ2v) is 4.87. The molecule has 2 amide bonds. The number of hydrogen-bond donors (Lipinski definition) is 3. The first-order valence-electron chi connectivity index (χ1n) is 6.00. The molecule has 1 heterocycles. The third kappa shape index (κ3) is 2.42. The molecule has 0 spiro atoms. The molecule has 1 saturated heterocycles. The molecule has 2 fully saturated rings. The van der Waals surface area contributed by atoms with E-state index in [0.717, 1.165) is 12.8 Å². The summed E-state index contributed by atoms with van der Waals surface area (Å²) in [4.78, 5) is 25.2. The van der Waals surface area contributed by atoms with Gasteiger partial charge in [0.05, 0.1) is 12.1 Å². The highest BCUT2D eigenvalue weighted by Gasteiger charge is 2.43. The minimum absolute atomic E-state index is 0.206. The van der Waals surface area contributed by atoms with E-state index in [0.29, 0.717) is 6.42 Å². The number of β-amino-alcohol motifs (C(OH)–C–C–N with tert-alkyl or cyclic N) is 1. The lowest BCUT2D eigenvalue weighted by Crippen LogP contribution is -2.51. The lowest BCUT2D eigenvalue weighted by atomic mass is 10.1. The number of aliphatic hydroxyl groups is 1. The van der Waals surface area contributed by atoms with Crippen molar-refractivity contribution in [1.29, 1.82) is 0 Å². The van der Waals surface area contributed by atoms with E-state index in [1.54, 1.807) is 0 Å². The summed E-state index contributed by atoms with van der Waals surface area (Å²) >= 11 is 0. The van der Waals surface area contributed by atoms with Gasteiger partial charge >= 0.3 is 0 Å². The fourth-order valence-electron chi connectivity index (χ4n) is 2.32. The maximum Gasteiger partial charge on any atom is 0.242 e. The number of carbonyl (C=O) groups excluding carboxylic acids is 2. The molecule has 0 radical (unpaired) electrons. The zero-order chi connectivity index (χ0) is 12.6. The second kappa shape index (κ2) is 4.62. The topological polar surface area (TPSA) is 95.7 Å². The van der Waals surface area contributed by atoms with Crippen LogP contribution in [0.1, 0.15) is 19.3 Å². The molecule has 96 valence electrons. The fraction of sp³-hybridized carbons (Fsp3) is 0.818. The van der Waals surface area contributed by atoms with Crippen LogP contribution in [0.2, 0.25) is 0 Å². The van der Waals surface area contributed by atoms with Gasteiger partial charge in [-0.2, -0.15) is 0 Å². The van der Waals surface area contributed by atoms with Crippen LogP contribution >= 0.6 is 0 Å². The first-order chi connectivity index (χ1) is 8.04. The minimum Gasteiger partial charge on any atom is -0.391 e. The Kier molecular flexibility index (Phi) is 3.35. The molecule has 6 nitrogen and oxygen atoms in total. The molecule has 4 N–H and O–H groups in total. The van der Waals surface area contributed by atoms with Crippen LogP contribution < -0.4 is 11.1 Å². The van der Waals surface area contributed by atoms with E-state index < -0.39 is 18.2 Å². The van der Waals surface area contributed by atoms with Gasteiger partial charge in [0, 0.05) is 20.0 Å². The van der Waals surface area contributed by atoms with Gasteiger partial charge in [-0.1, -0.05) is 0 Å². The Bertz CT molecular complexity index is 330. The van der Waals surface area contributed by atoms with Crippen LogP contribution in [-0.4, -0.2) is 53.6 Å². The molecule has 0 aromatic carbocycles. The SMILES string of the molecule is CNC(=O)[C@@H]1C[C@@H](O)CN1C(=O)C(N)C1CC1. The highest BCUT2D eigenvalue weighted by molar-refractivity contribution is 5.90. The lowest BCUT2D eigenvalue weighted by molar-refractivity contribution is -0.139. The molecular weight excluding hydrogens is 222 g/mol. The summed E-state index contributed by atoms with van der Waals surface area (Å²) in [6.07, 6.45) is 1.62. The average molecular weight is 241 g/mol. The molecule has 1 aliphatic heterocycles. The second-order valence-electron chi connectivity index (χ2n) is 4.87. The predicted molar refractivity (Wildman–Crippen MR) is 60.9 cm³/mol. The Morgan fingerprint density at radius 2 is 2.12 bits per heavy atom. The summed E-state index contributed by atoms with van der Waals surface area (Å²) < 4.78 is 0. The van der Waals surface area contributed by atoms with Crippen LogP contribution in [0.4, 0.5) is 0 Å². The molecular formula is C11H19N3O3. The Labute approximate surface area is 100 Å². The van der Waals surface area contributed by atoms with E-state index >= 15 is 0 Å². The van der Waals surface area contributed by atoms with Crippen LogP contribution in [0, 0.1) is 5.92 Å². The Morgan fingerprint density at radius 1 is 1.47 bits per heavy atom. The maximum atomic E-state index is 12.1. The summed E-state index contributed by atoms with van der Waals surface area (Å²) in [6.45, 7) is 0.206. The first kappa shape index (κ1) is 12.3. The maximum absolute atomic E-state index is 12.1. The van der Waals surface area contributed by atoms with Crippen molar-refractivity contribution < 1.29 is 14.7 Å².